The molecule has 106 valence electrons. The Bertz CT molecular complexity index is 241. The number of ether oxygens (including phenoxy) is 1. The van der Waals surface area contributed by atoms with E-state index in [1.807, 2.05) is 7.11 Å². The van der Waals surface area contributed by atoms with E-state index < -0.39 is 0 Å². The van der Waals surface area contributed by atoms with Gasteiger partial charge in [-0.15, -0.1) is 0 Å². The minimum atomic E-state index is 0.624. The Morgan fingerprint density at radius 3 is 2.83 bits per heavy atom. The van der Waals surface area contributed by atoms with Crippen LogP contribution in [0.15, 0.2) is 0 Å². The summed E-state index contributed by atoms with van der Waals surface area (Å²) in [5, 5.41) is 0. The molecule has 2 aliphatic rings. The van der Waals surface area contributed by atoms with Crippen molar-refractivity contribution >= 4 is 0 Å². The summed E-state index contributed by atoms with van der Waals surface area (Å²) in [6, 6.07) is 2.12. The summed E-state index contributed by atoms with van der Waals surface area (Å²) in [6.07, 6.45) is 6.75. The van der Waals surface area contributed by atoms with Gasteiger partial charge in [-0.05, 0) is 32.7 Å². The molecule has 3 atom stereocenters. The zero-order valence-electron chi connectivity index (χ0n) is 12.4. The number of piperazine rings is 1. The van der Waals surface area contributed by atoms with Gasteiger partial charge in [-0.2, -0.15) is 0 Å². The minimum Gasteiger partial charge on any atom is -0.383 e. The first-order valence-corrected chi connectivity index (χ1v) is 7.75. The van der Waals surface area contributed by atoms with E-state index in [2.05, 4.69) is 23.6 Å². The number of methoxy groups -OCH3 is 1. The van der Waals surface area contributed by atoms with Crippen LogP contribution in [0.2, 0.25) is 0 Å². The Morgan fingerprint density at radius 2 is 2.11 bits per heavy atom. The van der Waals surface area contributed by atoms with Gasteiger partial charge < -0.3 is 4.74 Å². The fraction of sp³-hybridized carbons (Fsp3) is 1.00. The summed E-state index contributed by atoms with van der Waals surface area (Å²) in [5.41, 5.74) is 0. The minimum absolute atomic E-state index is 0.624. The van der Waals surface area contributed by atoms with Crippen LogP contribution >= 0.6 is 0 Å². The molecule has 0 aliphatic carbocycles. The van der Waals surface area contributed by atoms with Crippen LogP contribution in [0, 0.1) is 0 Å². The van der Waals surface area contributed by atoms with Crippen molar-refractivity contribution in [1.29, 1.82) is 0 Å². The second-order valence-corrected chi connectivity index (χ2v) is 6.09. The molecule has 0 bridgehead atoms. The van der Waals surface area contributed by atoms with Gasteiger partial charge in [0.25, 0.3) is 0 Å². The first-order chi connectivity index (χ1) is 8.76. The first kappa shape index (κ1) is 14.3. The van der Waals surface area contributed by atoms with Gasteiger partial charge in [0.05, 0.1) is 6.61 Å². The van der Waals surface area contributed by atoms with Crippen molar-refractivity contribution in [3.8, 4) is 0 Å². The molecule has 2 rings (SSSR count). The summed E-state index contributed by atoms with van der Waals surface area (Å²) < 4.78 is 5.44. The third kappa shape index (κ3) is 3.25. The van der Waals surface area contributed by atoms with Crippen LogP contribution in [0.4, 0.5) is 0 Å². The lowest BCUT2D eigenvalue weighted by atomic mass is 9.95. The van der Waals surface area contributed by atoms with Crippen molar-refractivity contribution in [1.82, 2.24) is 9.80 Å². The van der Waals surface area contributed by atoms with Gasteiger partial charge in [0, 0.05) is 38.3 Å². The zero-order chi connectivity index (χ0) is 13.0. The molecule has 3 heteroatoms. The molecule has 18 heavy (non-hydrogen) atoms. The predicted molar refractivity (Wildman–Crippen MR) is 76.0 cm³/mol. The van der Waals surface area contributed by atoms with Crippen molar-refractivity contribution in [2.45, 2.75) is 64.1 Å². The Morgan fingerprint density at radius 1 is 1.28 bits per heavy atom. The Balaban J connectivity index is 1.97. The van der Waals surface area contributed by atoms with E-state index in [0.717, 1.165) is 12.6 Å². The van der Waals surface area contributed by atoms with Gasteiger partial charge in [0.2, 0.25) is 0 Å². The highest BCUT2D eigenvalue weighted by Crippen LogP contribution is 2.26. The summed E-state index contributed by atoms with van der Waals surface area (Å²) in [6.45, 7) is 9.41. The van der Waals surface area contributed by atoms with E-state index in [9.17, 15) is 0 Å². The molecular weight excluding hydrogens is 224 g/mol. The average Bonchev–Trinajstić information content (AvgIpc) is 2.38. The molecule has 0 aromatic rings. The van der Waals surface area contributed by atoms with Crippen LogP contribution in [-0.4, -0.2) is 61.3 Å². The quantitative estimate of drug-likeness (QED) is 0.749. The van der Waals surface area contributed by atoms with E-state index >= 15 is 0 Å². The number of piperidine rings is 1. The Hall–Kier alpha value is -0.120. The number of fused-ring (bicyclic) bond motifs is 1. The number of hydrogen-bond acceptors (Lipinski definition) is 3. The Kier molecular flexibility index (Phi) is 5.46. The standard InChI is InChI=1S/C15H30N2O/c1-4-7-15(12-18-3)17-11-14-8-5-6-9-16(14)10-13(17)2/h13-15H,4-12H2,1-3H3. The van der Waals surface area contributed by atoms with Gasteiger partial charge in [-0.25, -0.2) is 0 Å². The maximum atomic E-state index is 5.44. The van der Waals surface area contributed by atoms with E-state index in [-0.39, 0.29) is 0 Å². The average molecular weight is 254 g/mol. The smallest absolute Gasteiger partial charge is 0.0618 e. The summed E-state index contributed by atoms with van der Waals surface area (Å²) >= 11 is 0. The van der Waals surface area contributed by atoms with Crippen molar-refractivity contribution in [3.05, 3.63) is 0 Å². The predicted octanol–water partition coefficient (Wildman–Crippen LogP) is 2.36. The molecule has 2 fully saturated rings. The van der Waals surface area contributed by atoms with Gasteiger partial charge in [0.1, 0.15) is 0 Å². The van der Waals surface area contributed by atoms with E-state index in [0.29, 0.717) is 12.1 Å². The van der Waals surface area contributed by atoms with Crippen molar-refractivity contribution < 1.29 is 4.74 Å². The Labute approximate surface area is 112 Å². The van der Waals surface area contributed by atoms with Crippen LogP contribution < -0.4 is 0 Å². The molecule has 3 unspecified atom stereocenters. The van der Waals surface area contributed by atoms with Gasteiger partial charge in [-0.1, -0.05) is 19.8 Å². The summed E-state index contributed by atoms with van der Waals surface area (Å²) in [7, 11) is 1.84. The lowest BCUT2D eigenvalue weighted by Gasteiger charge is -2.50. The van der Waals surface area contributed by atoms with Crippen molar-refractivity contribution in [2.75, 3.05) is 33.4 Å². The molecule has 2 aliphatic heterocycles. The number of hydrogen-bond donors (Lipinski definition) is 0. The number of nitrogens with zero attached hydrogens (tertiary/aromatic N) is 2. The summed E-state index contributed by atoms with van der Waals surface area (Å²) in [4.78, 5) is 5.44. The van der Waals surface area contributed by atoms with Crippen LogP contribution in [0.3, 0.4) is 0 Å². The van der Waals surface area contributed by atoms with Crippen molar-refractivity contribution in [2.24, 2.45) is 0 Å². The van der Waals surface area contributed by atoms with Crippen LogP contribution in [0.5, 0.6) is 0 Å². The fourth-order valence-corrected chi connectivity index (χ4v) is 3.75. The lowest BCUT2D eigenvalue weighted by molar-refractivity contribution is -0.0282. The molecular formula is C15H30N2O. The van der Waals surface area contributed by atoms with Gasteiger partial charge in [-0.3, -0.25) is 9.80 Å². The van der Waals surface area contributed by atoms with Crippen LogP contribution in [0.1, 0.15) is 46.0 Å². The van der Waals surface area contributed by atoms with E-state index in [1.54, 1.807) is 0 Å². The first-order valence-electron chi connectivity index (χ1n) is 7.75. The molecule has 2 saturated heterocycles. The number of rotatable bonds is 5. The maximum absolute atomic E-state index is 5.44. The molecule has 0 aromatic carbocycles. The van der Waals surface area contributed by atoms with Crippen LogP contribution in [0.25, 0.3) is 0 Å². The molecule has 2 heterocycles. The van der Waals surface area contributed by atoms with E-state index in [1.165, 1.54) is 51.7 Å². The maximum Gasteiger partial charge on any atom is 0.0618 e. The topological polar surface area (TPSA) is 15.7 Å². The second kappa shape index (κ2) is 6.88. The molecule has 3 nitrogen and oxygen atoms in total. The van der Waals surface area contributed by atoms with Gasteiger partial charge >= 0.3 is 0 Å². The van der Waals surface area contributed by atoms with Crippen molar-refractivity contribution in [3.63, 3.8) is 0 Å². The van der Waals surface area contributed by atoms with Crippen LogP contribution in [-0.2, 0) is 4.74 Å². The molecule has 0 radical (unpaired) electrons. The van der Waals surface area contributed by atoms with Gasteiger partial charge in [0.15, 0.2) is 0 Å². The zero-order valence-corrected chi connectivity index (χ0v) is 12.4. The molecule has 0 N–H and O–H groups in total. The highest BCUT2D eigenvalue weighted by molar-refractivity contribution is 4.91. The highest BCUT2D eigenvalue weighted by Gasteiger charge is 2.35. The summed E-state index contributed by atoms with van der Waals surface area (Å²) in [5.74, 6) is 0. The van der Waals surface area contributed by atoms with E-state index in [4.69, 9.17) is 4.74 Å². The fourth-order valence-electron chi connectivity index (χ4n) is 3.75. The molecule has 0 amide bonds. The normalized spacial score (nSPS) is 32.2. The molecule has 0 spiro atoms. The third-order valence-electron chi connectivity index (χ3n) is 4.69. The highest BCUT2D eigenvalue weighted by atomic mass is 16.5. The SMILES string of the molecule is CCCC(COC)N1CC2CCCCN2CC1C. The largest absolute Gasteiger partial charge is 0.383 e. The monoisotopic (exact) mass is 254 g/mol. The second-order valence-electron chi connectivity index (χ2n) is 6.09. The lowest BCUT2D eigenvalue weighted by Crippen LogP contribution is -2.61. The molecule has 0 saturated carbocycles. The molecule has 0 aromatic heterocycles. The third-order valence-corrected chi connectivity index (χ3v) is 4.69.